The standard InChI is InChI=1S/C11H19BN2O2/c1-8(2)14-7-10(6-13-14)12-15-9(3)11(4,5)16-12/h6-9H,1-5H3. The first-order valence-corrected chi connectivity index (χ1v) is 5.77. The first kappa shape index (κ1) is 11.7. The van der Waals surface area contributed by atoms with Gasteiger partial charge in [-0.3, -0.25) is 4.68 Å². The lowest BCUT2D eigenvalue weighted by Gasteiger charge is -2.21. The quantitative estimate of drug-likeness (QED) is 0.709. The molecule has 2 heterocycles. The van der Waals surface area contributed by atoms with Gasteiger partial charge in [0, 0.05) is 23.9 Å². The molecule has 0 spiro atoms. The third kappa shape index (κ3) is 2.02. The van der Waals surface area contributed by atoms with Crippen molar-refractivity contribution < 1.29 is 9.31 Å². The van der Waals surface area contributed by atoms with E-state index in [0.717, 1.165) is 5.46 Å². The summed E-state index contributed by atoms with van der Waals surface area (Å²) in [6.07, 6.45) is 3.90. The fraction of sp³-hybridized carbons (Fsp3) is 0.727. The van der Waals surface area contributed by atoms with Crippen molar-refractivity contribution in [3.05, 3.63) is 12.4 Å². The third-order valence-electron chi connectivity index (χ3n) is 3.14. The van der Waals surface area contributed by atoms with Crippen molar-refractivity contribution in [3.63, 3.8) is 0 Å². The topological polar surface area (TPSA) is 36.3 Å². The van der Waals surface area contributed by atoms with Gasteiger partial charge < -0.3 is 9.31 Å². The van der Waals surface area contributed by atoms with E-state index < -0.39 is 0 Å². The van der Waals surface area contributed by atoms with Gasteiger partial charge in [-0.2, -0.15) is 5.10 Å². The van der Waals surface area contributed by atoms with Crippen molar-refractivity contribution in [3.8, 4) is 0 Å². The molecule has 4 nitrogen and oxygen atoms in total. The lowest BCUT2D eigenvalue weighted by atomic mass is 9.82. The van der Waals surface area contributed by atoms with Crippen LogP contribution in [-0.4, -0.2) is 28.6 Å². The maximum absolute atomic E-state index is 5.86. The minimum Gasteiger partial charge on any atom is -0.402 e. The Hall–Kier alpha value is -0.805. The number of hydrogen-bond donors (Lipinski definition) is 0. The molecular weight excluding hydrogens is 203 g/mol. The van der Waals surface area contributed by atoms with Crippen LogP contribution in [0.1, 0.15) is 40.7 Å². The first-order chi connectivity index (χ1) is 7.40. The molecule has 16 heavy (non-hydrogen) atoms. The van der Waals surface area contributed by atoms with Crippen molar-refractivity contribution in [2.75, 3.05) is 0 Å². The average molecular weight is 222 g/mol. The molecule has 1 aliphatic heterocycles. The SMILES string of the molecule is CC(C)n1cc(B2OC(C)C(C)(C)O2)cn1. The van der Waals surface area contributed by atoms with Gasteiger partial charge in [0.25, 0.3) is 0 Å². The van der Waals surface area contributed by atoms with E-state index in [1.54, 1.807) is 0 Å². The summed E-state index contributed by atoms with van der Waals surface area (Å²) in [5.74, 6) is 0. The first-order valence-electron chi connectivity index (χ1n) is 5.77. The normalized spacial score (nSPS) is 24.4. The van der Waals surface area contributed by atoms with Crippen LogP contribution in [-0.2, 0) is 9.31 Å². The highest BCUT2D eigenvalue weighted by Gasteiger charge is 2.44. The van der Waals surface area contributed by atoms with Crippen molar-refractivity contribution in [2.24, 2.45) is 0 Å². The molecule has 1 aliphatic rings. The molecule has 0 bridgehead atoms. The maximum atomic E-state index is 5.86. The van der Waals surface area contributed by atoms with Gasteiger partial charge in [-0.1, -0.05) is 0 Å². The molecule has 1 atom stereocenters. The van der Waals surface area contributed by atoms with Crippen LogP contribution in [0.25, 0.3) is 0 Å². The molecule has 0 aromatic carbocycles. The fourth-order valence-corrected chi connectivity index (χ4v) is 1.65. The molecule has 1 unspecified atom stereocenters. The van der Waals surface area contributed by atoms with Gasteiger partial charge in [-0.05, 0) is 34.6 Å². The van der Waals surface area contributed by atoms with Crippen molar-refractivity contribution >= 4 is 12.6 Å². The van der Waals surface area contributed by atoms with E-state index >= 15 is 0 Å². The Labute approximate surface area is 97.1 Å². The van der Waals surface area contributed by atoms with Crippen LogP contribution in [0.3, 0.4) is 0 Å². The van der Waals surface area contributed by atoms with Crippen molar-refractivity contribution in [1.29, 1.82) is 0 Å². The third-order valence-corrected chi connectivity index (χ3v) is 3.14. The monoisotopic (exact) mass is 222 g/mol. The number of aromatic nitrogens is 2. The number of nitrogens with zero attached hydrogens (tertiary/aromatic N) is 2. The molecule has 2 rings (SSSR count). The highest BCUT2D eigenvalue weighted by Crippen LogP contribution is 2.26. The lowest BCUT2D eigenvalue weighted by molar-refractivity contribution is 0.0842. The minimum atomic E-state index is -0.280. The molecule has 1 aromatic rings. The number of hydrogen-bond acceptors (Lipinski definition) is 3. The molecule has 0 saturated carbocycles. The molecular formula is C11H19BN2O2. The van der Waals surface area contributed by atoms with Gasteiger partial charge in [0.2, 0.25) is 0 Å². The van der Waals surface area contributed by atoms with Crippen LogP contribution in [0.4, 0.5) is 0 Å². The van der Waals surface area contributed by atoms with Gasteiger partial charge in [0.05, 0.1) is 11.7 Å². The second kappa shape index (κ2) is 3.89. The summed E-state index contributed by atoms with van der Waals surface area (Å²) in [5.41, 5.74) is 0.760. The van der Waals surface area contributed by atoms with E-state index in [9.17, 15) is 0 Å². The molecule has 0 N–H and O–H groups in total. The average Bonchev–Trinajstić information content (AvgIpc) is 2.72. The van der Waals surface area contributed by atoms with E-state index in [0.29, 0.717) is 6.04 Å². The summed E-state index contributed by atoms with van der Waals surface area (Å²) >= 11 is 0. The van der Waals surface area contributed by atoms with Crippen LogP contribution >= 0.6 is 0 Å². The van der Waals surface area contributed by atoms with Crippen molar-refractivity contribution in [1.82, 2.24) is 9.78 Å². The number of rotatable bonds is 2. The Morgan fingerprint density at radius 1 is 1.50 bits per heavy atom. The van der Waals surface area contributed by atoms with E-state index in [1.807, 2.05) is 37.8 Å². The molecule has 5 heteroatoms. The van der Waals surface area contributed by atoms with Crippen LogP contribution in [0.5, 0.6) is 0 Å². The van der Waals surface area contributed by atoms with E-state index in [1.165, 1.54) is 0 Å². The van der Waals surface area contributed by atoms with Crippen LogP contribution in [0.15, 0.2) is 12.4 Å². The van der Waals surface area contributed by atoms with Crippen molar-refractivity contribution in [2.45, 2.75) is 52.4 Å². The van der Waals surface area contributed by atoms with Gasteiger partial charge in [0.15, 0.2) is 0 Å². The van der Waals surface area contributed by atoms with Gasteiger partial charge in [0.1, 0.15) is 0 Å². The Bertz CT molecular complexity index is 376. The zero-order valence-corrected chi connectivity index (χ0v) is 10.6. The molecule has 0 radical (unpaired) electrons. The minimum absolute atomic E-state index is 0.0971. The van der Waals surface area contributed by atoms with Crippen LogP contribution in [0.2, 0.25) is 0 Å². The summed E-state index contributed by atoms with van der Waals surface area (Å²) in [6.45, 7) is 10.3. The van der Waals surface area contributed by atoms with E-state index in [4.69, 9.17) is 9.31 Å². The van der Waals surface area contributed by atoms with Gasteiger partial charge in [-0.15, -0.1) is 0 Å². The summed E-state index contributed by atoms with van der Waals surface area (Å²) in [7, 11) is -0.280. The maximum Gasteiger partial charge on any atom is 0.497 e. The zero-order valence-electron chi connectivity index (χ0n) is 10.6. The molecule has 88 valence electrons. The predicted molar refractivity (Wildman–Crippen MR) is 63.7 cm³/mol. The molecule has 1 saturated heterocycles. The van der Waals surface area contributed by atoms with Gasteiger partial charge >= 0.3 is 7.12 Å². The lowest BCUT2D eigenvalue weighted by Crippen LogP contribution is -2.34. The van der Waals surface area contributed by atoms with Gasteiger partial charge in [-0.25, -0.2) is 0 Å². The highest BCUT2D eigenvalue weighted by atomic mass is 16.7. The second-order valence-electron chi connectivity index (χ2n) is 5.18. The fourth-order valence-electron chi connectivity index (χ4n) is 1.65. The van der Waals surface area contributed by atoms with Crippen LogP contribution < -0.4 is 5.46 Å². The molecule has 1 fully saturated rings. The summed E-state index contributed by atoms with van der Waals surface area (Å²) < 4.78 is 13.6. The second-order valence-corrected chi connectivity index (χ2v) is 5.18. The Kier molecular flexibility index (Phi) is 2.84. The van der Waals surface area contributed by atoms with E-state index in [2.05, 4.69) is 18.9 Å². The summed E-state index contributed by atoms with van der Waals surface area (Å²) in [4.78, 5) is 0. The Balaban J connectivity index is 2.14. The smallest absolute Gasteiger partial charge is 0.402 e. The predicted octanol–water partition coefficient (Wildman–Crippen LogP) is 1.37. The molecule has 0 amide bonds. The van der Waals surface area contributed by atoms with E-state index in [-0.39, 0.29) is 18.8 Å². The summed E-state index contributed by atoms with van der Waals surface area (Å²) in [6, 6.07) is 0.362. The highest BCUT2D eigenvalue weighted by molar-refractivity contribution is 6.61. The molecule has 1 aromatic heterocycles. The van der Waals surface area contributed by atoms with Crippen LogP contribution in [0, 0.1) is 0 Å². The largest absolute Gasteiger partial charge is 0.497 e. The molecule has 0 aliphatic carbocycles. The Morgan fingerprint density at radius 3 is 2.62 bits per heavy atom. The Morgan fingerprint density at radius 2 is 2.19 bits per heavy atom. The zero-order chi connectivity index (χ0) is 11.9. The summed E-state index contributed by atoms with van der Waals surface area (Å²) in [5, 5.41) is 4.29.